The number of rotatable bonds is 6. The molecule has 0 aromatic heterocycles. The number of nitrogens with zero attached hydrogens (tertiary/aromatic N) is 2. The van der Waals surface area contributed by atoms with Crippen molar-refractivity contribution >= 4 is 23.3 Å². The average molecular weight is 384 g/mol. The number of halogens is 1. The quantitative estimate of drug-likeness (QED) is 0.347. The van der Waals surface area contributed by atoms with E-state index in [1.807, 2.05) is 37.3 Å². The van der Waals surface area contributed by atoms with Crippen LogP contribution >= 0.6 is 11.9 Å². The topological polar surface area (TPSA) is 66.6 Å². The third-order valence-corrected chi connectivity index (χ3v) is 5.18. The molecule has 7 heteroatoms. The molecule has 3 rings (SSSR count). The van der Waals surface area contributed by atoms with Gasteiger partial charge in [0, 0.05) is 17.0 Å². The maximum atomic E-state index is 13.9. The summed E-state index contributed by atoms with van der Waals surface area (Å²) >= 11 is 1.22. The van der Waals surface area contributed by atoms with E-state index < -0.39 is 16.5 Å². The molecule has 1 N–H and O–H groups in total. The fourth-order valence-corrected chi connectivity index (χ4v) is 3.62. The van der Waals surface area contributed by atoms with E-state index in [1.165, 1.54) is 36.2 Å². The van der Waals surface area contributed by atoms with Crippen LogP contribution < -0.4 is 4.31 Å². The van der Waals surface area contributed by atoms with Crippen LogP contribution in [-0.4, -0.2) is 10.0 Å². The molecular weight excluding hydrogens is 367 g/mol. The number of hydrogen-bond acceptors (Lipinski definition) is 5. The second-order valence-corrected chi connectivity index (χ2v) is 6.99. The highest BCUT2D eigenvalue weighted by Gasteiger charge is 2.19. The molecule has 138 valence electrons. The second-order valence-electron chi connectivity index (χ2n) is 5.93. The van der Waals surface area contributed by atoms with Crippen LogP contribution in [0.4, 0.5) is 15.8 Å². The number of aromatic hydroxyl groups is 1. The van der Waals surface area contributed by atoms with Gasteiger partial charge in [-0.3, -0.25) is 10.1 Å². The molecule has 0 heterocycles. The van der Waals surface area contributed by atoms with Gasteiger partial charge in [0.05, 0.1) is 17.2 Å². The van der Waals surface area contributed by atoms with E-state index >= 15 is 0 Å². The van der Waals surface area contributed by atoms with Gasteiger partial charge in [-0.05, 0) is 42.1 Å². The Morgan fingerprint density at radius 1 is 1.11 bits per heavy atom. The highest BCUT2D eigenvalue weighted by atomic mass is 32.2. The number of phenolic OH excluding ortho intramolecular Hbond substituents is 1. The van der Waals surface area contributed by atoms with Crippen LogP contribution in [0.25, 0.3) is 0 Å². The van der Waals surface area contributed by atoms with Crippen molar-refractivity contribution < 1.29 is 14.4 Å². The van der Waals surface area contributed by atoms with Crippen LogP contribution in [0, 0.1) is 22.9 Å². The summed E-state index contributed by atoms with van der Waals surface area (Å²) in [6.07, 6.45) is 0. The van der Waals surface area contributed by atoms with Gasteiger partial charge in [0.15, 0.2) is 11.6 Å². The Labute approximate surface area is 160 Å². The van der Waals surface area contributed by atoms with Gasteiger partial charge in [-0.15, -0.1) is 0 Å². The van der Waals surface area contributed by atoms with E-state index in [2.05, 4.69) is 0 Å². The summed E-state index contributed by atoms with van der Waals surface area (Å²) in [5.41, 5.74) is 2.08. The number of nitro groups is 1. The molecule has 0 aliphatic rings. The summed E-state index contributed by atoms with van der Waals surface area (Å²) in [5, 5.41) is 21.3. The predicted molar refractivity (Wildman–Crippen MR) is 104 cm³/mol. The van der Waals surface area contributed by atoms with E-state index in [9.17, 15) is 19.6 Å². The van der Waals surface area contributed by atoms with Crippen molar-refractivity contribution in [2.75, 3.05) is 4.31 Å². The van der Waals surface area contributed by atoms with Crippen LogP contribution in [0.2, 0.25) is 0 Å². The van der Waals surface area contributed by atoms with Gasteiger partial charge in [0.2, 0.25) is 0 Å². The summed E-state index contributed by atoms with van der Waals surface area (Å²) in [6, 6.07) is 18.4. The third kappa shape index (κ3) is 4.38. The molecular formula is C20H17FN2O3S. The fourth-order valence-electron chi connectivity index (χ4n) is 2.54. The largest absolute Gasteiger partial charge is 0.503 e. The summed E-state index contributed by atoms with van der Waals surface area (Å²) < 4.78 is 15.6. The normalized spacial score (nSPS) is 10.6. The first-order chi connectivity index (χ1) is 13.0. The molecule has 3 aromatic rings. The average Bonchev–Trinajstić information content (AvgIpc) is 2.66. The number of benzene rings is 3. The van der Waals surface area contributed by atoms with Crippen molar-refractivity contribution in [3.8, 4) is 5.75 Å². The lowest BCUT2D eigenvalue weighted by Gasteiger charge is -2.25. The van der Waals surface area contributed by atoms with Gasteiger partial charge >= 0.3 is 0 Å². The molecule has 0 aliphatic carbocycles. The van der Waals surface area contributed by atoms with Gasteiger partial charge in [0.1, 0.15) is 0 Å². The molecule has 0 unspecified atom stereocenters. The molecule has 0 spiro atoms. The predicted octanol–water partition coefficient (Wildman–Crippen LogP) is 5.46. The first kappa shape index (κ1) is 18.7. The number of anilines is 1. The maximum Gasteiger partial charge on any atom is 0.270 e. The molecule has 0 saturated carbocycles. The van der Waals surface area contributed by atoms with E-state index in [-0.39, 0.29) is 5.69 Å². The smallest absolute Gasteiger partial charge is 0.270 e. The van der Waals surface area contributed by atoms with E-state index in [0.29, 0.717) is 17.1 Å². The summed E-state index contributed by atoms with van der Waals surface area (Å²) in [4.78, 5) is 11.3. The highest BCUT2D eigenvalue weighted by Crippen LogP contribution is 2.39. The third-order valence-electron chi connectivity index (χ3n) is 3.99. The number of phenols is 1. The number of aryl methyl sites for hydroxylation is 1. The summed E-state index contributed by atoms with van der Waals surface area (Å²) in [6.45, 7) is 2.23. The molecule has 5 nitrogen and oxygen atoms in total. The molecule has 0 atom stereocenters. The van der Waals surface area contributed by atoms with E-state index in [4.69, 9.17) is 0 Å². The van der Waals surface area contributed by atoms with E-state index in [1.54, 1.807) is 16.4 Å². The Kier molecular flexibility index (Phi) is 5.61. The zero-order valence-electron chi connectivity index (χ0n) is 14.5. The number of hydrogen-bond donors (Lipinski definition) is 1. The Balaban J connectivity index is 2.01. The number of nitro benzene ring substituents is 1. The minimum atomic E-state index is -0.720. The zero-order chi connectivity index (χ0) is 19.4. The van der Waals surface area contributed by atoms with Crippen LogP contribution in [-0.2, 0) is 6.54 Å². The first-order valence-electron chi connectivity index (χ1n) is 8.17. The van der Waals surface area contributed by atoms with Crippen molar-refractivity contribution in [3.63, 3.8) is 0 Å². The minimum Gasteiger partial charge on any atom is -0.503 e. The molecule has 0 bridgehead atoms. The summed E-state index contributed by atoms with van der Waals surface area (Å²) in [5.74, 6) is -1.18. The van der Waals surface area contributed by atoms with Gasteiger partial charge < -0.3 is 9.41 Å². The molecule has 3 aromatic carbocycles. The highest BCUT2D eigenvalue weighted by molar-refractivity contribution is 8.00. The van der Waals surface area contributed by atoms with Crippen LogP contribution in [0.5, 0.6) is 5.75 Å². The van der Waals surface area contributed by atoms with Crippen molar-refractivity contribution in [3.05, 3.63) is 93.8 Å². The van der Waals surface area contributed by atoms with Gasteiger partial charge in [-0.1, -0.05) is 42.5 Å². The molecule has 0 saturated heterocycles. The van der Waals surface area contributed by atoms with Crippen molar-refractivity contribution in [2.45, 2.75) is 18.4 Å². The van der Waals surface area contributed by atoms with Crippen molar-refractivity contribution in [2.24, 2.45) is 0 Å². The Hall–Kier alpha value is -3.06. The maximum absolute atomic E-state index is 13.9. The first-order valence-corrected chi connectivity index (χ1v) is 8.95. The lowest BCUT2D eigenvalue weighted by atomic mass is 10.2. The molecule has 27 heavy (non-hydrogen) atoms. The minimum absolute atomic E-state index is 0.0220. The Morgan fingerprint density at radius 3 is 2.56 bits per heavy atom. The van der Waals surface area contributed by atoms with Crippen LogP contribution in [0.1, 0.15) is 11.1 Å². The molecule has 0 aliphatic heterocycles. The Morgan fingerprint density at radius 2 is 1.85 bits per heavy atom. The molecule has 0 fully saturated rings. The standard InChI is InChI=1S/C20H17FN2O3S/c1-14-10-11-16(23(25)26)12-19(14)27-22(13-15-6-3-2-4-7-15)18-9-5-8-17(21)20(18)24/h2-12,24H,13H2,1H3. The fraction of sp³-hybridized carbons (Fsp3) is 0.100. The van der Waals surface area contributed by atoms with Crippen LogP contribution in [0.3, 0.4) is 0 Å². The number of non-ortho nitro benzene ring substituents is 1. The summed E-state index contributed by atoms with van der Waals surface area (Å²) in [7, 11) is 0. The SMILES string of the molecule is Cc1ccc([N+](=O)[O-])cc1SN(Cc1ccccc1)c1cccc(F)c1O. The van der Waals surface area contributed by atoms with Gasteiger partial charge in [0.25, 0.3) is 5.69 Å². The second kappa shape index (κ2) is 8.09. The lowest BCUT2D eigenvalue weighted by Crippen LogP contribution is -2.14. The Bertz CT molecular complexity index is 967. The van der Waals surface area contributed by atoms with E-state index in [0.717, 1.165) is 11.1 Å². The lowest BCUT2D eigenvalue weighted by molar-refractivity contribution is -0.385. The zero-order valence-corrected chi connectivity index (χ0v) is 15.3. The van der Waals surface area contributed by atoms with Gasteiger partial charge in [-0.25, -0.2) is 4.39 Å². The molecule has 0 radical (unpaired) electrons. The van der Waals surface area contributed by atoms with Gasteiger partial charge in [-0.2, -0.15) is 0 Å². The molecule has 0 amide bonds. The van der Waals surface area contributed by atoms with Crippen molar-refractivity contribution in [1.29, 1.82) is 0 Å². The van der Waals surface area contributed by atoms with Crippen molar-refractivity contribution in [1.82, 2.24) is 0 Å². The van der Waals surface area contributed by atoms with Crippen LogP contribution in [0.15, 0.2) is 71.6 Å². The monoisotopic (exact) mass is 384 g/mol. The number of para-hydroxylation sites is 1.